The van der Waals surface area contributed by atoms with E-state index in [4.69, 9.17) is 14.9 Å². The van der Waals surface area contributed by atoms with Crippen LogP contribution >= 0.6 is 0 Å². The number of hydrogen-bond acceptors (Lipinski definition) is 6. The minimum Gasteiger partial charge on any atom is -0.494 e. The highest BCUT2D eigenvalue weighted by Gasteiger charge is 2.21. The molecule has 9 nitrogen and oxygen atoms in total. The van der Waals surface area contributed by atoms with Crippen molar-refractivity contribution >= 4 is 28.5 Å². The number of ether oxygens (including phenoxy) is 1. The zero-order chi connectivity index (χ0) is 19.7. The predicted molar refractivity (Wildman–Crippen MR) is 98.1 cm³/mol. The largest absolute Gasteiger partial charge is 0.494 e. The van der Waals surface area contributed by atoms with E-state index in [-0.39, 0.29) is 22.5 Å². The average Bonchev–Trinajstić information content (AvgIpc) is 2.89. The fraction of sp³-hybridized carbons (Fsp3) is 0.222. The maximum Gasteiger partial charge on any atom is 0.337 e. The number of carbonyl (C=O) groups is 2. The van der Waals surface area contributed by atoms with E-state index in [0.29, 0.717) is 23.4 Å². The highest BCUT2D eigenvalue weighted by atomic mass is 16.5. The van der Waals surface area contributed by atoms with Gasteiger partial charge in [-0.3, -0.25) is 14.3 Å². The van der Waals surface area contributed by atoms with Gasteiger partial charge in [-0.05, 0) is 26.0 Å². The fourth-order valence-electron chi connectivity index (χ4n) is 2.70. The monoisotopic (exact) mass is 370 g/mol. The zero-order valence-corrected chi connectivity index (χ0v) is 15.0. The van der Waals surface area contributed by atoms with Gasteiger partial charge in [0.2, 0.25) is 0 Å². The zero-order valence-electron chi connectivity index (χ0n) is 15.0. The van der Waals surface area contributed by atoms with E-state index in [9.17, 15) is 14.4 Å². The Bertz CT molecular complexity index is 1110. The second-order valence-corrected chi connectivity index (χ2v) is 5.82. The maximum atomic E-state index is 12.8. The Kier molecular flexibility index (Phi) is 4.68. The van der Waals surface area contributed by atoms with Crippen molar-refractivity contribution in [3.8, 4) is 5.75 Å². The molecule has 0 spiro atoms. The Morgan fingerprint density at radius 2 is 2.07 bits per heavy atom. The molecule has 0 radical (unpaired) electrons. The number of nitrogens with one attached hydrogen (secondary N) is 1. The molecule has 3 rings (SSSR count). The van der Waals surface area contributed by atoms with Crippen LogP contribution in [0.4, 0.5) is 5.69 Å². The maximum absolute atomic E-state index is 12.8. The molecule has 2 amide bonds. The van der Waals surface area contributed by atoms with Gasteiger partial charge >= 0.3 is 5.63 Å². The van der Waals surface area contributed by atoms with Gasteiger partial charge < -0.3 is 20.2 Å². The number of fused-ring (bicyclic) bond motifs is 1. The smallest absolute Gasteiger partial charge is 0.337 e. The molecule has 3 aromatic rings. The van der Waals surface area contributed by atoms with Crippen molar-refractivity contribution < 1.29 is 18.7 Å². The Hall–Kier alpha value is -3.62. The van der Waals surface area contributed by atoms with Crippen LogP contribution in [0.5, 0.6) is 5.75 Å². The SMILES string of the molecule is CCOc1ccc2c(C(=O)Nc3c(C(N)=O)nn(C)c3C)cc(=O)oc2c1. The molecule has 1 aromatic carbocycles. The summed E-state index contributed by atoms with van der Waals surface area (Å²) < 4.78 is 12.0. The third-order valence-corrected chi connectivity index (χ3v) is 4.08. The summed E-state index contributed by atoms with van der Waals surface area (Å²) in [6.45, 7) is 3.96. The third-order valence-electron chi connectivity index (χ3n) is 4.08. The molecule has 0 aliphatic carbocycles. The van der Waals surface area contributed by atoms with Crippen molar-refractivity contribution in [1.29, 1.82) is 0 Å². The van der Waals surface area contributed by atoms with Crippen LogP contribution in [-0.4, -0.2) is 28.2 Å². The Morgan fingerprint density at radius 1 is 1.33 bits per heavy atom. The first-order chi connectivity index (χ1) is 12.8. The number of primary amides is 1. The second kappa shape index (κ2) is 6.94. The highest BCUT2D eigenvalue weighted by molar-refractivity contribution is 6.14. The van der Waals surface area contributed by atoms with E-state index < -0.39 is 17.4 Å². The number of benzene rings is 1. The van der Waals surface area contributed by atoms with Gasteiger partial charge in [0, 0.05) is 24.6 Å². The van der Waals surface area contributed by atoms with E-state index >= 15 is 0 Å². The van der Waals surface area contributed by atoms with Gasteiger partial charge in [0.1, 0.15) is 11.3 Å². The Balaban J connectivity index is 2.07. The van der Waals surface area contributed by atoms with Crippen molar-refractivity contribution in [2.45, 2.75) is 13.8 Å². The van der Waals surface area contributed by atoms with E-state index in [1.807, 2.05) is 6.92 Å². The van der Waals surface area contributed by atoms with Crippen LogP contribution in [0.25, 0.3) is 11.0 Å². The molecule has 2 aromatic heterocycles. The summed E-state index contributed by atoms with van der Waals surface area (Å²) in [7, 11) is 1.62. The number of hydrogen-bond donors (Lipinski definition) is 2. The number of amides is 2. The molecule has 0 aliphatic rings. The quantitative estimate of drug-likeness (QED) is 0.656. The first-order valence-electron chi connectivity index (χ1n) is 8.17. The summed E-state index contributed by atoms with van der Waals surface area (Å²) in [5.41, 5.74) is 5.64. The minimum absolute atomic E-state index is 0.0609. The van der Waals surface area contributed by atoms with Gasteiger partial charge in [0.15, 0.2) is 5.69 Å². The van der Waals surface area contributed by atoms with Crippen LogP contribution in [0, 0.1) is 6.92 Å². The Labute approximate surface area is 153 Å². The third kappa shape index (κ3) is 3.39. The lowest BCUT2D eigenvalue weighted by molar-refractivity contribution is 0.0995. The molecule has 2 heterocycles. The topological polar surface area (TPSA) is 129 Å². The number of nitrogens with two attached hydrogens (primary N) is 1. The number of anilines is 1. The normalized spacial score (nSPS) is 10.8. The van der Waals surface area contributed by atoms with Gasteiger partial charge in [-0.2, -0.15) is 5.10 Å². The lowest BCUT2D eigenvalue weighted by Gasteiger charge is -2.09. The van der Waals surface area contributed by atoms with Crippen LogP contribution in [0.15, 0.2) is 33.5 Å². The summed E-state index contributed by atoms with van der Waals surface area (Å²) in [5.74, 6) is -0.840. The summed E-state index contributed by atoms with van der Waals surface area (Å²) in [6, 6.07) is 5.94. The van der Waals surface area contributed by atoms with Crippen LogP contribution in [0.3, 0.4) is 0 Å². The molecule has 140 valence electrons. The average molecular weight is 370 g/mol. The van der Waals surface area contributed by atoms with Crippen LogP contribution in [0.2, 0.25) is 0 Å². The van der Waals surface area contributed by atoms with E-state index in [1.54, 1.807) is 32.2 Å². The first-order valence-corrected chi connectivity index (χ1v) is 8.17. The van der Waals surface area contributed by atoms with Crippen LogP contribution in [0.1, 0.15) is 33.5 Å². The van der Waals surface area contributed by atoms with Crippen molar-refractivity contribution in [2.75, 3.05) is 11.9 Å². The van der Waals surface area contributed by atoms with E-state index in [1.165, 1.54) is 4.68 Å². The van der Waals surface area contributed by atoms with E-state index in [2.05, 4.69) is 10.4 Å². The summed E-state index contributed by atoms with van der Waals surface area (Å²) >= 11 is 0. The number of aryl methyl sites for hydroxylation is 1. The predicted octanol–water partition coefficient (Wildman–Crippen LogP) is 1.58. The molecule has 0 bridgehead atoms. The fourth-order valence-corrected chi connectivity index (χ4v) is 2.70. The summed E-state index contributed by atoms with van der Waals surface area (Å²) in [5, 5.41) is 7.05. The molecule has 0 unspecified atom stereocenters. The molecule has 0 fully saturated rings. The van der Waals surface area contributed by atoms with Gasteiger partial charge in [-0.15, -0.1) is 0 Å². The van der Waals surface area contributed by atoms with E-state index in [0.717, 1.165) is 6.07 Å². The first kappa shape index (κ1) is 18.2. The molecule has 0 atom stereocenters. The number of rotatable bonds is 5. The van der Waals surface area contributed by atoms with Gasteiger partial charge in [0.05, 0.1) is 23.6 Å². The lowest BCUT2D eigenvalue weighted by atomic mass is 10.1. The Morgan fingerprint density at radius 3 is 2.74 bits per heavy atom. The molecule has 0 aliphatic heterocycles. The summed E-state index contributed by atoms with van der Waals surface area (Å²) in [4.78, 5) is 36.3. The van der Waals surface area contributed by atoms with Crippen molar-refractivity contribution in [3.63, 3.8) is 0 Å². The molecule has 3 N–H and O–H groups in total. The molecule has 0 saturated carbocycles. The van der Waals surface area contributed by atoms with Gasteiger partial charge in [0.25, 0.3) is 11.8 Å². The second-order valence-electron chi connectivity index (χ2n) is 5.82. The van der Waals surface area contributed by atoms with Crippen LogP contribution in [-0.2, 0) is 7.05 Å². The molecule has 9 heteroatoms. The molecule has 0 saturated heterocycles. The van der Waals surface area contributed by atoms with Crippen molar-refractivity contribution in [3.05, 3.63) is 51.6 Å². The minimum atomic E-state index is -0.771. The van der Waals surface area contributed by atoms with Crippen LogP contribution < -0.4 is 21.4 Å². The summed E-state index contributed by atoms with van der Waals surface area (Å²) in [6.07, 6.45) is 0. The molecule has 27 heavy (non-hydrogen) atoms. The molecular formula is C18H18N4O5. The van der Waals surface area contributed by atoms with Gasteiger partial charge in [-0.1, -0.05) is 0 Å². The van der Waals surface area contributed by atoms with Crippen molar-refractivity contribution in [2.24, 2.45) is 12.8 Å². The van der Waals surface area contributed by atoms with Crippen molar-refractivity contribution in [1.82, 2.24) is 9.78 Å². The highest BCUT2D eigenvalue weighted by Crippen LogP contribution is 2.25. The number of nitrogens with zero attached hydrogens (tertiary/aromatic N) is 2. The molecular weight excluding hydrogens is 352 g/mol. The standard InChI is InChI=1S/C18H18N4O5/c1-4-26-10-5-6-11-12(8-14(23)27-13(11)7-10)18(25)20-15-9(2)22(3)21-16(15)17(19)24/h5-8H,4H2,1-3H3,(H2,19,24)(H,20,25). The number of aromatic nitrogens is 2. The van der Waals surface area contributed by atoms with Gasteiger partial charge in [-0.25, -0.2) is 4.79 Å². The number of carbonyl (C=O) groups excluding carboxylic acids is 2. The lowest BCUT2D eigenvalue weighted by Crippen LogP contribution is -2.19.